The Morgan fingerprint density at radius 1 is 1.10 bits per heavy atom. The molecule has 122 valence electrons. The van der Waals surface area contributed by atoms with Crippen LogP contribution in [0.4, 0.5) is 4.79 Å². The molecule has 0 unspecified atom stereocenters. The van der Waals surface area contributed by atoms with Crippen molar-refractivity contribution in [3.05, 3.63) is 0 Å². The van der Waals surface area contributed by atoms with E-state index in [2.05, 4.69) is 5.32 Å². The van der Waals surface area contributed by atoms with Crippen LogP contribution >= 0.6 is 0 Å². The van der Waals surface area contributed by atoms with Gasteiger partial charge in [0.25, 0.3) is 0 Å². The van der Waals surface area contributed by atoms with E-state index in [1.807, 2.05) is 6.92 Å². The Morgan fingerprint density at radius 2 is 1.71 bits per heavy atom. The third-order valence-corrected chi connectivity index (χ3v) is 6.39. The molecule has 7 heteroatoms. The van der Waals surface area contributed by atoms with Gasteiger partial charge in [-0.2, -0.15) is 4.31 Å². The summed E-state index contributed by atoms with van der Waals surface area (Å²) in [5.74, 6) is 0.196. The summed E-state index contributed by atoms with van der Waals surface area (Å²) in [6, 6.07) is 0.266. The van der Waals surface area contributed by atoms with E-state index < -0.39 is 10.0 Å². The fraction of sp³-hybridized carbons (Fsp3) is 0.929. The fourth-order valence-corrected chi connectivity index (χ4v) is 4.56. The molecule has 0 atom stereocenters. The number of sulfonamides is 1. The Hall–Kier alpha value is -0.820. The maximum Gasteiger partial charge on any atom is 0.317 e. The highest BCUT2D eigenvalue weighted by Crippen LogP contribution is 2.18. The lowest BCUT2D eigenvalue weighted by Crippen LogP contribution is -2.54. The highest BCUT2D eigenvalue weighted by atomic mass is 32.2. The van der Waals surface area contributed by atoms with E-state index >= 15 is 0 Å². The second-order valence-electron chi connectivity index (χ2n) is 5.99. The molecule has 6 nitrogen and oxygen atoms in total. The maximum absolute atomic E-state index is 12.2. The van der Waals surface area contributed by atoms with Crippen molar-refractivity contribution in [1.29, 1.82) is 0 Å². The Balaban J connectivity index is 1.79. The van der Waals surface area contributed by atoms with Crippen LogP contribution < -0.4 is 5.32 Å². The van der Waals surface area contributed by atoms with E-state index in [0.717, 1.165) is 12.8 Å². The second kappa shape index (κ2) is 7.45. The van der Waals surface area contributed by atoms with Gasteiger partial charge in [-0.25, -0.2) is 13.2 Å². The number of piperazine rings is 1. The van der Waals surface area contributed by atoms with Crippen LogP contribution in [0.3, 0.4) is 0 Å². The molecule has 0 radical (unpaired) electrons. The Morgan fingerprint density at radius 3 is 2.29 bits per heavy atom. The number of carbonyl (C=O) groups excluding carboxylic acids is 1. The van der Waals surface area contributed by atoms with E-state index in [9.17, 15) is 13.2 Å². The van der Waals surface area contributed by atoms with Crippen molar-refractivity contribution in [3.8, 4) is 0 Å². The fourth-order valence-electron chi connectivity index (χ4n) is 3.07. The lowest BCUT2D eigenvalue weighted by atomic mass is 9.96. The quantitative estimate of drug-likeness (QED) is 0.852. The molecule has 21 heavy (non-hydrogen) atoms. The number of rotatable bonds is 4. The predicted octanol–water partition coefficient (Wildman–Crippen LogP) is 1.39. The highest BCUT2D eigenvalue weighted by molar-refractivity contribution is 7.89. The first-order valence-corrected chi connectivity index (χ1v) is 9.67. The Bertz CT molecular complexity index is 438. The minimum absolute atomic E-state index is 0.0329. The normalized spacial score (nSPS) is 22.2. The SMILES string of the molecule is CCCS(=O)(=O)N1CCN(C(=O)NC2CCCCC2)CC1. The number of nitrogens with one attached hydrogen (secondary N) is 1. The van der Waals surface area contributed by atoms with Gasteiger partial charge < -0.3 is 10.2 Å². The van der Waals surface area contributed by atoms with Crippen LogP contribution in [-0.2, 0) is 10.0 Å². The van der Waals surface area contributed by atoms with Crippen LogP contribution in [0.5, 0.6) is 0 Å². The summed E-state index contributed by atoms with van der Waals surface area (Å²) < 4.78 is 25.5. The van der Waals surface area contributed by atoms with Crippen molar-refractivity contribution in [2.75, 3.05) is 31.9 Å². The largest absolute Gasteiger partial charge is 0.335 e. The number of hydrogen-bond acceptors (Lipinski definition) is 3. The van der Waals surface area contributed by atoms with Gasteiger partial charge in [0, 0.05) is 32.2 Å². The van der Waals surface area contributed by atoms with Gasteiger partial charge in [0.05, 0.1) is 5.75 Å². The summed E-state index contributed by atoms with van der Waals surface area (Å²) in [6.07, 6.45) is 6.40. The molecule has 0 bridgehead atoms. The topological polar surface area (TPSA) is 69.7 Å². The maximum atomic E-state index is 12.2. The Kier molecular flexibility index (Phi) is 5.87. The molecule has 0 aromatic rings. The summed E-state index contributed by atoms with van der Waals surface area (Å²) >= 11 is 0. The van der Waals surface area contributed by atoms with Gasteiger partial charge in [-0.1, -0.05) is 26.2 Å². The minimum Gasteiger partial charge on any atom is -0.335 e. The van der Waals surface area contributed by atoms with Crippen LogP contribution in [0.1, 0.15) is 45.4 Å². The summed E-state index contributed by atoms with van der Waals surface area (Å²) in [4.78, 5) is 13.9. The van der Waals surface area contributed by atoms with Crippen molar-refractivity contribution in [1.82, 2.24) is 14.5 Å². The van der Waals surface area contributed by atoms with Crippen molar-refractivity contribution < 1.29 is 13.2 Å². The molecular weight excluding hydrogens is 290 g/mol. The van der Waals surface area contributed by atoms with E-state index in [-0.39, 0.29) is 11.8 Å². The van der Waals surface area contributed by atoms with Crippen molar-refractivity contribution in [2.45, 2.75) is 51.5 Å². The average Bonchev–Trinajstić information content (AvgIpc) is 2.48. The first-order valence-electron chi connectivity index (χ1n) is 8.06. The van der Waals surface area contributed by atoms with Crippen molar-refractivity contribution in [2.24, 2.45) is 0 Å². The van der Waals surface area contributed by atoms with E-state index in [1.54, 1.807) is 4.90 Å². The van der Waals surface area contributed by atoms with Gasteiger partial charge in [-0.15, -0.1) is 0 Å². The second-order valence-corrected chi connectivity index (χ2v) is 8.08. The van der Waals surface area contributed by atoms with Crippen LogP contribution in [-0.4, -0.2) is 61.6 Å². The van der Waals surface area contributed by atoms with Gasteiger partial charge >= 0.3 is 6.03 Å². The van der Waals surface area contributed by atoms with Gasteiger partial charge in [-0.3, -0.25) is 0 Å². The average molecular weight is 317 g/mol. The number of urea groups is 1. The minimum atomic E-state index is -3.13. The lowest BCUT2D eigenvalue weighted by Gasteiger charge is -2.35. The molecule has 2 amide bonds. The lowest BCUT2D eigenvalue weighted by molar-refractivity contribution is 0.166. The molecule has 2 fully saturated rings. The monoisotopic (exact) mass is 317 g/mol. The molecule has 1 saturated carbocycles. The molecule has 0 aromatic heterocycles. The summed E-state index contributed by atoms with van der Waals surface area (Å²) in [5, 5.41) is 3.09. The van der Waals surface area contributed by atoms with Gasteiger partial charge in [0.2, 0.25) is 10.0 Å². The summed E-state index contributed by atoms with van der Waals surface area (Å²) in [6.45, 7) is 3.68. The van der Waals surface area contributed by atoms with Crippen molar-refractivity contribution in [3.63, 3.8) is 0 Å². The first-order chi connectivity index (χ1) is 10.0. The zero-order valence-electron chi connectivity index (χ0n) is 12.9. The van der Waals surface area contributed by atoms with E-state index in [4.69, 9.17) is 0 Å². The van der Waals surface area contributed by atoms with Crippen LogP contribution in [0.15, 0.2) is 0 Å². The van der Waals surface area contributed by atoms with Crippen LogP contribution in [0.2, 0.25) is 0 Å². The molecule has 1 saturated heterocycles. The Labute approximate surface area is 127 Å². The number of amides is 2. The number of hydrogen-bond donors (Lipinski definition) is 1. The van der Waals surface area contributed by atoms with Crippen LogP contribution in [0, 0.1) is 0 Å². The zero-order chi connectivity index (χ0) is 15.3. The number of nitrogens with zero attached hydrogens (tertiary/aromatic N) is 2. The number of carbonyl (C=O) groups is 1. The van der Waals surface area contributed by atoms with Gasteiger partial charge in [-0.05, 0) is 19.3 Å². The first kappa shape index (κ1) is 16.5. The van der Waals surface area contributed by atoms with Crippen LogP contribution in [0.25, 0.3) is 0 Å². The van der Waals surface area contributed by atoms with E-state index in [0.29, 0.717) is 38.6 Å². The summed E-state index contributed by atoms with van der Waals surface area (Å²) in [5.41, 5.74) is 0. The summed E-state index contributed by atoms with van der Waals surface area (Å²) in [7, 11) is -3.13. The molecule has 0 aromatic carbocycles. The molecule has 1 aliphatic carbocycles. The molecule has 0 spiro atoms. The van der Waals surface area contributed by atoms with Crippen molar-refractivity contribution >= 4 is 16.1 Å². The highest BCUT2D eigenvalue weighted by Gasteiger charge is 2.29. The third kappa shape index (κ3) is 4.57. The molecule has 1 aliphatic heterocycles. The molecule has 2 rings (SSSR count). The van der Waals surface area contributed by atoms with E-state index in [1.165, 1.54) is 23.6 Å². The third-order valence-electron chi connectivity index (χ3n) is 4.31. The molecule has 2 aliphatic rings. The molecule has 1 heterocycles. The molecular formula is C14H27N3O3S. The standard InChI is InChI=1S/C14H27N3O3S/c1-2-12-21(19,20)17-10-8-16(9-11-17)14(18)15-13-6-4-3-5-7-13/h13H,2-12H2,1H3,(H,15,18). The smallest absolute Gasteiger partial charge is 0.317 e. The van der Waals surface area contributed by atoms with Gasteiger partial charge in [0.15, 0.2) is 0 Å². The van der Waals surface area contributed by atoms with Gasteiger partial charge in [0.1, 0.15) is 0 Å². The molecule has 1 N–H and O–H groups in total. The zero-order valence-corrected chi connectivity index (χ0v) is 13.7. The predicted molar refractivity (Wildman–Crippen MR) is 82.6 cm³/mol.